The molecule has 2 N–H and O–H groups in total. The van der Waals surface area contributed by atoms with Crippen molar-refractivity contribution in [2.45, 2.75) is 39.3 Å². The Morgan fingerprint density at radius 1 is 1.41 bits per heavy atom. The first-order valence-corrected chi connectivity index (χ1v) is 6.30. The van der Waals surface area contributed by atoms with Crippen molar-refractivity contribution in [3.05, 3.63) is 0 Å². The summed E-state index contributed by atoms with van der Waals surface area (Å²) in [6.07, 6.45) is -0.334. The Kier molecular flexibility index (Phi) is 5.21. The first kappa shape index (κ1) is 14.3. The lowest BCUT2D eigenvalue weighted by molar-refractivity contribution is 0.0507. The van der Waals surface area contributed by atoms with Crippen LogP contribution >= 0.6 is 0 Å². The van der Waals surface area contributed by atoms with Crippen LogP contribution in [0.4, 0.5) is 4.79 Å². The fourth-order valence-corrected chi connectivity index (χ4v) is 1.80. The molecule has 0 aromatic rings. The van der Waals surface area contributed by atoms with E-state index in [-0.39, 0.29) is 6.09 Å². The Hall–Kier alpha value is -0.810. The van der Waals surface area contributed by atoms with E-state index in [0.29, 0.717) is 12.6 Å². The van der Waals surface area contributed by atoms with E-state index in [1.807, 2.05) is 20.8 Å². The summed E-state index contributed by atoms with van der Waals surface area (Å²) in [5, 5.41) is 6.12. The molecular formula is C12H25N3O2. The Morgan fingerprint density at radius 3 is 2.53 bits per heavy atom. The molecule has 0 spiro atoms. The zero-order chi connectivity index (χ0) is 12.9. The molecule has 1 amide bonds. The van der Waals surface area contributed by atoms with Crippen molar-refractivity contribution in [3.8, 4) is 0 Å². The lowest BCUT2D eigenvalue weighted by Crippen LogP contribution is -2.51. The third kappa shape index (κ3) is 5.89. The largest absolute Gasteiger partial charge is 0.444 e. The summed E-state index contributed by atoms with van der Waals surface area (Å²) >= 11 is 0. The van der Waals surface area contributed by atoms with Crippen molar-refractivity contribution < 1.29 is 9.53 Å². The van der Waals surface area contributed by atoms with Gasteiger partial charge in [0.15, 0.2) is 0 Å². The number of nitrogens with zero attached hydrogens (tertiary/aromatic N) is 1. The molecule has 0 radical (unpaired) electrons. The Morgan fingerprint density at radius 2 is 2.00 bits per heavy atom. The zero-order valence-electron chi connectivity index (χ0n) is 11.4. The summed E-state index contributed by atoms with van der Waals surface area (Å²) < 4.78 is 5.19. The maximum Gasteiger partial charge on any atom is 0.407 e. The molecule has 1 unspecified atom stereocenters. The van der Waals surface area contributed by atoms with Crippen LogP contribution in [0.25, 0.3) is 0 Å². The van der Waals surface area contributed by atoms with E-state index in [2.05, 4.69) is 22.5 Å². The normalized spacial score (nSPS) is 19.8. The monoisotopic (exact) mass is 243 g/mol. The van der Waals surface area contributed by atoms with Crippen LogP contribution in [0.5, 0.6) is 0 Å². The first-order chi connectivity index (χ1) is 7.88. The second-order valence-corrected chi connectivity index (χ2v) is 5.52. The highest BCUT2D eigenvalue weighted by atomic mass is 16.6. The Labute approximate surface area is 104 Å². The molecule has 1 rings (SSSR count). The van der Waals surface area contributed by atoms with Gasteiger partial charge < -0.3 is 15.4 Å². The molecular weight excluding hydrogens is 218 g/mol. The number of alkyl carbamates (subject to hydrolysis) is 1. The molecule has 1 aliphatic rings. The van der Waals surface area contributed by atoms with Crippen LogP contribution in [0.2, 0.25) is 0 Å². The Balaban J connectivity index is 2.22. The van der Waals surface area contributed by atoms with E-state index in [0.717, 1.165) is 26.2 Å². The standard InChI is InChI=1S/C12H25N3O2/c1-10(15-7-5-13-6-8-15)9-14-11(16)17-12(2,3)4/h10,13H,5-9H2,1-4H3,(H,14,16). The van der Waals surface area contributed by atoms with Crippen molar-refractivity contribution >= 4 is 6.09 Å². The average Bonchev–Trinajstić information content (AvgIpc) is 2.25. The summed E-state index contributed by atoms with van der Waals surface area (Å²) in [6, 6.07) is 0.351. The van der Waals surface area contributed by atoms with Gasteiger partial charge in [-0.3, -0.25) is 4.90 Å². The van der Waals surface area contributed by atoms with Crippen molar-refractivity contribution in [3.63, 3.8) is 0 Å². The van der Waals surface area contributed by atoms with Crippen LogP contribution < -0.4 is 10.6 Å². The van der Waals surface area contributed by atoms with Gasteiger partial charge >= 0.3 is 6.09 Å². The van der Waals surface area contributed by atoms with Crippen molar-refractivity contribution in [2.24, 2.45) is 0 Å². The molecule has 17 heavy (non-hydrogen) atoms. The minimum absolute atomic E-state index is 0.334. The van der Waals surface area contributed by atoms with E-state index < -0.39 is 5.60 Å². The fourth-order valence-electron chi connectivity index (χ4n) is 1.80. The van der Waals surface area contributed by atoms with E-state index in [9.17, 15) is 4.79 Å². The molecule has 100 valence electrons. The zero-order valence-corrected chi connectivity index (χ0v) is 11.4. The number of hydrogen-bond acceptors (Lipinski definition) is 4. The molecule has 0 aromatic heterocycles. The second-order valence-electron chi connectivity index (χ2n) is 5.52. The lowest BCUT2D eigenvalue weighted by Gasteiger charge is -2.33. The third-order valence-electron chi connectivity index (χ3n) is 2.72. The molecule has 1 atom stereocenters. The minimum atomic E-state index is -0.428. The average molecular weight is 243 g/mol. The lowest BCUT2D eigenvalue weighted by atomic mass is 10.2. The number of rotatable bonds is 3. The molecule has 0 aliphatic carbocycles. The van der Waals surface area contributed by atoms with Gasteiger partial charge in [0.2, 0.25) is 0 Å². The third-order valence-corrected chi connectivity index (χ3v) is 2.72. The SMILES string of the molecule is CC(CNC(=O)OC(C)(C)C)N1CCNCC1. The van der Waals surface area contributed by atoms with Crippen LogP contribution in [0, 0.1) is 0 Å². The van der Waals surface area contributed by atoms with Gasteiger partial charge in [-0.25, -0.2) is 4.79 Å². The number of carbonyl (C=O) groups is 1. The van der Waals surface area contributed by atoms with Crippen LogP contribution in [0.15, 0.2) is 0 Å². The summed E-state index contributed by atoms with van der Waals surface area (Å²) in [4.78, 5) is 13.9. The van der Waals surface area contributed by atoms with Crippen LogP contribution in [0.3, 0.4) is 0 Å². The summed E-state index contributed by atoms with van der Waals surface area (Å²) in [7, 11) is 0. The van der Waals surface area contributed by atoms with Gasteiger partial charge in [-0.2, -0.15) is 0 Å². The van der Waals surface area contributed by atoms with Crippen LogP contribution in [0.1, 0.15) is 27.7 Å². The highest BCUT2D eigenvalue weighted by molar-refractivity contribution is 5.67. The van der Waals surface area contributed by atoms with Gasteiger partial charge in [-0.1, -0.05) is 0 Å². The van der Waals surface area contributed by atoms with Gasteiger partial charge in [0.1, 0.15) is 5.60 Å². The predicted octanol–water partition coefficient (Wildman–Crippen LogP) is 0.805. The number of nitrogens with one attached hydrogen (secondary N) is 2. The number of piperazine rings is 1. The van der Waals surface area contributed by atoms with E-state index in [1.54, 1.807) is 0 Å². The summed E-state index contributed by atoms with van der Waals surface area (Å²) in [5.74, 6) is 0. The number of carbonyl (C=O) groups excluding carboxylic acids is 1. The maximum atomic E-state index is 11.5. The molecule has 5 nitrogen and oxygen atoms in total. The molecule has 0 aromatic carbocycles. The predicted molar refractivity (Wildman–Crippen MR) is 68.1 cm³/mol. The number of amides is 1. The van der Waals surface area contributed by atoms with Gasteiger partial charge in [0, 0.05) is 38.8 Å². The summed E-state index contributed by atoms with van der Waals surface area (Å²) in [6.45, 7) is 12.5. The fraction of sp³-hybridized carbons (Fsp3) is 0.917. The first-order valence-electron chi connectivity index (χ1n) is 6.30. The van der Waals surface area contributed by atoms with Gasteiger partial charge in [-0.05, 0) is 27.7 Å². The van der Waals surface area contributed by atoms with Gasteiger partial charge in [-0.15, -0.1) is 0 Å². The molecule has 1 saturated heterocycles. The number of hydrogen-bond donors (Lipinski definition) is 2. The molecule has 5 heteroatoms. The van der Waals surface area contributed by atoms with E-state index >= 15 is 0 Å². The quantitative estimate of drug-likeness (QED) is 0.770. The number of ether oxygens (including phenoxy) is 1. The molecule has 0 saturated carbocycles. The van der Waals surface area contributed by atoms with Crippen LogP contribution in [-0.4, -0.2) is 55.4 Å². The van der Waals surface area contributed by atoms with E-state index in [4.69, 9.17) is 4.74 Å². The van der Waals surface area contributed by atoms with Crippen molar-refractivity contribution in [1.82, 2.24) is 15.5 Å². The summed E-state index contributed by atoms with van der Waals surface area (Å²) in [5.41, 5.74) is -0.428. The maximum absolute atomic E-state index is 11.5. The van der Waals surface area contributed by atoms with Gasteiger partial charge in [0.25, 0.3) is 0 Å². The minimum Gasteiger partial charge on any atom is -0.444 e. The molecule has 1 fully saturated rings. The second kappa shape index (κ2) is 6.21. The van der Waals surface area contributed by atoms with Crippen molar-refractivity contribution in [1.29, 1.82) is 0 Å². The van der Waals surface area contributed by atoms with Crippen molar-refractivity contribution in [2.75, 3.05) is 32.7 Å². The highest BCUT2D eigenvalue weighted by Crippen LogP contribution is 2.06. The smallest absolute Gasteiger partial charge is 0.407 e. The molecule has 1 aliphatic heterocycles. The Bertz CT molecular complexity index is 245. The van der Waals surface area contributed by atoms with Crippen LogP contribution in [-0.2, 0) is 4.74 Å². The molecule has 1 heterocycles. The molecule has 0 bridgehead atoms. The highest BCUT2D eigenvalue weighted by Gasteiger charge is 2.19. The van der Waals surface area contributed by atoms with E-state index in [1.165, 1.54) is 0 Å². The topological polar surface area (TPSA) is 53.6 Å². The van der Waals surface area contributed by atoms with Gasteiger partial charge in [0.05, 0.1) is 0 Å².